The number of H-pyrrole nitrogens is 1. The van der Waals surface area contributed by atoms with Crippen molar-refractivity contribution in [3.63, 3.8) is 0 Å². The molecular formula is C15H14BrN6O2+. The van der Waals surface area contributed by atoms with Crippen LogP contribution in [0.2, 0.25) is 0 Å². The van der Waals surface area contributed by atoms with Gasteiger partial charge in [-0.1, -0.05) is 15.9 Å². The zero-order valence-corrected chi connectivity index (χ0v) is 14.2. The number of pyridine rings is 1. The van der Waals surface area contributed by atoms with E-state index in [9.17, 15) is 9.59 Å². The van der Waals surface area contributed by atoms with Crippen molar-refractivity contribution >= 4 is 44.9 Å². The number of nitrogens with two attached hydrogens (primary N) is 1. The summed E-state index contributed by atoms with van der Waals surface area (Å²) in [5, 5.41) is 14.7. The van der Waals surface area contributed by atoms with E-state index in [0.29, 0.717) is 28.0 Å². The van der Waals surface area contributed by atoms with Gasteiger partial charge in [-0.2, -0.15) is 0 Å². The summed E-state index contributed by atoms with van der Waals surface area (Å²) < 4.78 is 2.29. The van der Waals surface area contributed by atoms with Crippen molar-refractivity contribution in [3.8, 4) is 5.69 Å². The Labute approximate surface area is 144 Å². The number of aromatic amines is 1. The monoisotopic (exact) mass is 389 g/mol. The van der Waals surface area contributed by atoms with Gasteiger partial charge in [-0.3, -0.25) is 9.89 Å². The molecule has 0 spiro atoms. The number of fused-ring (bicyclic) bond motifs is 1. The van der Waals surface area contributed by atoms with Crippen molar-refractivity contribution in [2.24, 2.45) is 0 Å². The first-order valence-corrected chi connectivity index (χ1v) is 7.81. The molecule has 1 aromatic carbocycles. The van der Waals surface area contributed by atoms with Crippen molar-refractivity contribution < 1.29 is 10.1 Å². The van der Waals surface area contributed by atoms with Crippen LogP contribution in [0.5, 0.6) is 0 Å². The number of nitrogens with zero attached hydrogens (tertiary/aromatic N) is 2. The number of rotatable bonds is 3. The lowest BCUT2D eigenvalue weighted by atomic mass is 10.2. The molecule has 122 valence electrons. The number of carbonyl (C=O) groups is 1. The Morgan fingerprint density at radius 3 is 2.75 bits per heavy atom. The van der Waals surface area contributed by atoms with E-state index in [1.165, 1.54) is 23.2 Å². The normalized spacial score (nSPS) is 10.8. The maximum Gasteiger partial charge on any atom is 0.419 e. The highest BCUT2D eigenvalue weighted by Gasteiger charge is 2.19. The summed E-state index contributed by atoms with van der Waals surface area (Å²) >= 11 is 3.35. The number of carbonyl (C=O) groups excluding carboxylic acids is 1. The Morgan fingerprint density at radius 2 is 2.12 bits per heavy atom. The minimum absolute atomic E-state index is 0.269. The number of primary amides is 1. The molecule has 0 aliphatic heterocycles. The number of halogens is 1. The third-order valence-electron chi connectivity index (χ3n) is 3.55. The van der Waals surface area contributed by atoms with Gasteiger partial charge in [0.25, 0.3) is 5.56 Å². The smallest absolute Gasteiger partial charge is 0.308 e. The van der Waals surface area contributed by atoms with Crippen LogP contribution in [-0.4, -0.2) is 34.1 Å². The van der Waals surface area contributed by atoms with Gasteiger partial charge < -0.3 is 10.7 Å². The molecule has 2 aromatic heterocycles. The number of urea groups is 1. The van der Waals surface area contributed by atoms with Gasteiger partial charge in [0, 0.05) is 23.9 Å². The first kappa shape index (κ1) is 16.1. The van der Waals surface area contributed by atoms with Gasteiger partial charge in [-0.15, -0.1) is 0 Å². The van der Waals surface area contributed by atoms with E-state index in [-0.39, 0.29) is 11.6 Å². The zero-order valence-electron chi connectivity index (χ0n) is 12.6. The standard InChI is InChI=1S/C15H13BrN6O2/c1-18-15(24)20-13-10(6-17)12-11(7-19-13)14(23)22(21-12)9-4-2-8(16)3-5-9/h2-7,17,21H,1H3,(H2,18,19,20,24)/p+1. The predicted molar refractivity (Wildman–Crippen MR) is 93.3 cm³/mol. The predicted octanol–water partition coefficient (Wildman–Crippen LogP) is 1.01. The van der Waals surface area contributed by atoms with Crippen LogP contribution in [0.1, 0.15) is 5.56 Å². The highest BCUT2D eigenvalue weighted by Crippen LogP contribution is 2.18. The first-order chi connectivity index (χ1) is 11.5. The number of amides is 2. The molecule has 9 heteroatoms. The molecule has 0 bridgehead atoms. The fourth-order valence-corrected chi connectivity index (χ4v) is 2.60. The highest BCUT2D eigenvalue weighted by atomic mass is 79.9. The van der Waals surface area contributed by atoms with Crippen molar-refractivity contribution in [3.05, 3.63) is 50.9 Å². The Hall–Kier alpha value is -2.78. The fraction of sp³-hybridized carbons (Fsp3) is 0.0667. The van der Waals surface area contributed by atoms with Gasteiger partial charge in [0.2, 0.25) is 5.82 Å². The van der Waals surface area contributed by atoms with Crippen LogP contribution in [0.4, 0.5) is 10.6 Å². The molecule has 0 unspecified atom stereocenters. The van der Waals surface area contributed by atoms with E-state index in [4.69, 9.17) is 5.41 Å². The summed E-state index contributed by atoms with van der Waals surface area (Å²) in [5.41, 5.74) is 1.23. The van der Waals surface area contributed by atoms with Crippen LogP contribution in [-0.2, 0) is 0 Å². The Balaban J connectivity index is 2.20. The zero-order chi connectivity index (χ0) is 17.3. The molecule has 0 radical (unpaired) electrons. The quantitative estimate of drug-likeness (QED) is 0.500. The van der Waals surface area contributed by atoms with E-state index in [1.54, 1.807) is 12.1 Å². The second-order valence-electron chi connectivity index (χ2n) is 4.98. The maximum atomic E-state index is 12.6. The third kappa shape index (κ3) is 2.74. The van der Waals surface area contributed by atoms with E-state index in [0.717, 1.165) is 10.7 Å². The van der Waals surface area contributed by atoms with E-state index in [2.05, 4.69) is 31.3 Å². The van der Waals surface area contributed by atoms with Crippen LogP contribution in [0.3, 0.4) is 0 Å². The molecule has 3 aromatic rings. The topological polar surface area (TPSA) is 120 Å². The molecule has 8 nitrogen and oxygen atoms in total. The highest BCUT2D eigenvalue weighted by molar-refractivity contribution is 9.10. The second kappa shape index (κ2) is 6.38. The SMILES string of the molecule is CNC(=O)[NH2+]c1ncc2c(=O)n(-c3ccc(Br)cc3)[nH]c2c1C=N. The molecule has 0 saturated carbocycles. The van der Waals surface area contributed by atoms with Gasteiger partial charge in [0.1, 0.15) is 5.56 Å². The molecule has 2 heterocycles. The van der Waals surface area contributed by atoms with Crippen LogP contribution in [0.15, 0.2) is 39.7 Å². The van der Waals surface area contributed by atoms with Crippen molar-refractivity contribution in [2.75, 3.05) is 7.05 Å². The number of benzene rings is 1. The lowest BCUT2D eigenvalue weighted by Gasteiger charge is -2.02. The summed E-state index contributed by atoms with van der Waals surface area (Å²) in [6.45, 7) is 0. The van der Waals surface area contributed by atoms with Crippen molar-refractivity contribution in [1.82, 2.24) is 20.1 Å². The largest absolute Gasteiger partial charge is 0.419 e. The molecular weight excluding hydrogens is 376 g/mol. The van der Waals surface area contributed by atoms with Gasteiger partial charge in [-0.05, 0) is 24.3 Å². The van der Waals surface area contributed by atoms with Gasteiger partial charge >= 0.3 is 6.03 Å². The number of nitrogens with one attached hydrogen (secondary N) is 3. The van der Waals surface area contributed by atoms with Crippen LogP contribution in [0.25, 0.3) is 16.6 Å². The average Bonchev–Trinajstić information content (AvgIpc) is 2.92. The number of hydrogen-bond acceptors (Lipinski definition) is 4. The molecule has 0 atom stereocenters. The number of hydrogen-bond donors (Lipinski definition) is 4. The molecule has 0 aliphatic carbocycles. The minimum atomic E-state index is -0.334. The Morgan fingerprint density at radius 1 is 1.42 bits per heavy atom. The fourth-order valence-electron chi connectivity index (χ4n) is 2.34. The Kier molecular flexibility index (Phi) is 4.28. The Bertz CT molecular complexity index is 990. The molecule has 0 fully saturated rings. The van der Waals surface area contributed by atoms with Crippen LogP contribution >= 0.6 is 15.9 Å². The van der Waals surface area contributed by atoms with Crippen molar-refractivity contribution in [1.29, 1.82) is 5.41 Å². The molecule has 3 rings (SSSR count). The third-order valence-corrected chi connectivity index (χ3v) is 4.08. The van der Waals surface area contributed by atoms with Gasteiger partial charge in [0.05, 0.1) is 16.6 Å². The summed E-state index contributed by atoms with van der Waals surface area (Å²) in [6.07, 6.45) is 2.48. The second-order valence-corrected chi connectivity index (χ2v) is 5.89. The maximum absolute atomic E-state index is 12.6. The summed E-state index contributed by atoms with van der Waals surface area (Å²) in [6, 6.07) is 6.90. The van der Waals surface area contributed by atoms with Crippen LogP contribution < -0.4 is 16.2 Å². The summed E-state index contributed by atoms with van der Waals surface area (Å²) in [7, 11) is 1.51. The first-order valence-electron chi connectivity index (χ1n) is 7.01. The number of aromatic nitrogens is 3. The molecule has 0 saturated heterocycles. The number of quaternary nitrogens is 1. The average molecular weight is 390 g/mol. The minimum Gasteiger partial charge on any atom is -0.308 e. The van der Waals surface area contributed by atoms with Crippen LogP contribution in [0, 0.1) is 5.41 Å². The molecule has 2 amide bonds. The van der Waals surface area contributed by atoms with E-state index >= 15 is 0 Å². The van der Waals surface area contributed by atoms with Gasteiger partial charge in [-0.25, -0.2) is 19.8 Å². The summed E-state index contributed by atoms with van der Waals surface area (Å²) in [5.74, 6) is 0.320. The lowest BCUT2D eigenvalue weighted by Crippen LogP contribution is -2.85. The lowest BCUT2D eigenvalue weighted by molar-refractivity contribution is -0.468. The summed E-state index contributed by atoms with van der Waals surface area (Å²) in [4.78, 5) is 28.3. The molecule has 5 N–H and O–H groups in total. The van der Waals surface area contributed by atoms with E-state index < -0.39 is 0 Å². The van der Waals surface area contributed by atoms with Gasteiger partial charge in [0.15, 0.2) is 0 Å². The van der Waals surface area contributed by atoms with Crippen molar-refractivity contribution in [2.45, 2.75) is 0 Å². The molecule has 24 heavy (non-hydrogen) atoms. The van der Waals surface area contributed by atoms with E-state index in [1.807, 2.05) is 12.1 Å². The molecule has 0 aliphatic rings.